The first-order valence-corrected chi connectivity index (χ1v) is 7.81. The second-order valence-corrected chi connectivity index (χ2v) is 6.13. The monoisotopic (exact) mass is 302 g/mol. The molecule has 1 N–H and O–H groups in total. The largest absolute Gasteiger partial charge is 0.478 e. The van der Waals surface area contributed by atoms with Gasteiger partial charge in [0.05, 0.1) is 0 Å². The van der Waals surface area contributed by atoms with Crippen molar-refractivity contribution in [2.24, 2.45) is 11.8 Å². The van der Waals surface area contributed by atoms with Crippen LogP contribution in [0.25, 0.3) is 0 Å². The van der Waals surface area contributed by atoms with Gasteiger partial charge in [-0.15, -0.1) is 0 Å². The van der Waals surface area contributed by atoms with Crippen LogP contribution in [0.5, 0.6) is 0 Å². The van der Waals surface area contributed by atoms with E-state index in [4.69, 9.17) is 5.11 Å². The van der Waals surface area contributed by atoms with Gasteiger partial charge in [0.25, 0.3) is 0 Å². The molecule has 0 aromatic carbocycles. The summed E-state index contributed by atoms with van der Waals surface area (Å²) >= 11 is 0. The van der Waals surface area contributed by atoms with Crippen LogP contribution in [0.15, 0.2) is 47.1 Å². The molecule has 0 heterocycles. The van der Waals surface area contributed by atoms with Crippen molar-refractivity contribution in [3.05, 3.63) is 47.1 Å². The fourth-order valence-electron chi connectivity index (χ4n) is 2.66. The summed E-state index contributed by atoms with van der Waals surface area (Å²) in [6, 6.07) is 0. The molecule has 0 bridgehead atoms. The lowest BCUT2D eigenvalue weighted by molar-refractivity contribution is -0.131. The highest BCUT2D eigenvalue weighted by Crippen LogP contribution is 2.33. The second-order valence-electron chi connectivity index (χ2n) is 6.13. The Bertz CT molecular complexity index is 547. The summed E-state index contributed by atoms with van der Waals surface area (Å²) in [5, 5.41) is 8.64. The van der Waals surface area contributed by atoms with Crippen LogP contribution in [0.3, 0.4) is 0 Å². The average Bonchev–Trinajstić information content (AvgIpc) is 2.77. The summed E-state index contributed by atoms with van der Waals surface area (Å²) in [6.07, 6.45) is 12.1. The molecular weight excluding hydrogens is 276 g/mol. The van der Waals surface area contributed by atoms with Gasteiger partial charge >= 0.3 is 5.97 Å². The molecule has 0 amide bonds. The Balaban J connectivity index is 2.63. The maximum Gasteiger partial charge on any atom is 0.328 e. The Labute approximate surface area is 133 Å². The highest BCUT2D eigenvalue weighted by atomic mass is 16.4. The third-order valence-corrected chi connectivity index (χ3v) is 3.98. The minimum atomic E-state index is -0.922. The van der Waals surface area contributed by atoms with Crippen molar-refractivity contribution in [1.29, 1.82) is 0 Å². The zero-order valence-corrected chi connectivity index (χ0v) is 13.9. The van der Waals surface area contributed by atoms with Crippen LogP contribution >= 0.6 is 0 Å². The lowest BCUT2D eigenvalue weighted by Crippen LogP contribution is -1.97. The van der Waals surface area contributed by atoms with E-state index in [0.29, 0.717) is 11.8 Å². The minimum absolute atomic E-state index is 0.186. The van der Waals surface area contributed by atoms with Crippen molar-refractivity contribution in [1.82, 2.24) is 0 Å². The molecular formula is C19H26O3. The van der Waals surface area contributed by atoms with Crippen LogP contribution < -0.4 is 0 Å². The van der Waals surface area contributed by atoms with Crippen molar-refractivity contribution in [2.75, 3.05) is 0 Å². The molecule has 1 aliphatic rings. The smallest absolute Gasteiger partial charge is 0.328 e. The van der Waals surface area contributed by atoms with E-state index in [0.717, 1.165) is 30.4 Å². The van der Waals surface area contributed by atoms with Crippen LogP contribution in [-0.4, -0.2) is 16.9 Å². The molecule has 0 radical (unpaired) electrons. The Morgan fingerprint density at radius 3 is 2.64 bits per heavy atom. The van der Waals surface area contributed by atoms with E-state index >= 15 is 0 Å². The number of ketones is 1. The highest BCUT2D eigenvalue weighted by Gasteiger charge is 2.22. The molecule has 0 aromatic heterocycles. The maximum absolute atomic E-state index is 11.6. The first-order valence-electron chi connectivity index (χ1n) is 7.81. The van der Waals surface area contributed by atoms with E-state index in [9.17, 15) is 9.59 Å². The zero-order valence-electron chi connectivity index (χ0n) is 13.9. The summed E-state index contributed by atoms with van der Waals surface area (Å²) < 4.78 is 0. The number of carboxylic acids is 1. The van der Waals surface area contributed by atoms with Gasteiger partial charge in [0.15, 0.2) is 5.78 Å². The highest BCUT2D eigenvalue weighted by molar-refractivity contribution is 5.95. The number of carbonyl (C=O) groups excluding carboxylic acids is 1. The van der Waals surface area contributed by atoms with Gasteiger partial charge in [-0.05, 0) is 61.7 Å². The van der Waals surface area contributed by atoms with Gasteiger partial charge in [-0.3, -0.25) is 4.79 Å². The third kappa shape index (κ3) is 5.84. The van der Waals surface area contributed by atoms with Crippen molar-refractivity contribution in [2.45, 2.75) is 47.0 Å². The van der Waals surface area contributed by atoms with Gasteiger partial charge in [0, 0.05) is 6.08 Å². The van der Waals surface area contributed by atoms with Crippen molar-refractivity contribution >= 4 is 11.8 Å². The van der Waals surface area contributed by atoms with E-state index in [-0.39, 0.29) is 5.78 Å². The number of aliphatic carboxylic acids is 1. The first-order chi connectivity index (χ1) is 10.3. The van der Waals surface area contributed by atoms with Gasteiger partial charge in [-0.1, -0.05) is 38.2 Å². The Kier molecular flexibility index (Phi) is 7.03. The topological polar surface area (TPSA) is 54.4 Å². The van der Waals surface area contributed by atoms with E-state index in [1.807, 2.05) is 12.2 Å². The standard InChI is InChI=1S/C19H26O3/c1-13(6-5-7-14(2)12-19(21)22)8-10-17-15(3)9-11-18(17)16(4)20/h5,7-8,10,12-13,15H,6,9,11H2,1-4H3,(H,21,22)/b7-5+,10-8+,14-12+. The van der Waals surface area contributed by atoms with Crippen molar-refractivity contribution < 1.29 is 14.7 Å². The molecule has 120 valence electrons. The molecule has 0 aromatic rings. The number of allylic oxidation sites excluding steroid dienone is 7. The molecule has 3 heteroatoms. The van der Waals surface area contributed by atoms with Gasteiger partial charge in [-0.25, -0.2) is 4.79 Å². The molecule has 1 aliphatic carbocycles. The van der Waals surface area contributed by atoms with E-state index in [1.165, 1.54) is 11.6 Å². The van der Waals surface area contributed by atoms with Crippen LogP contribution in [0.2, 0.25) is 0 Å². The van der Waals surface area contributed by atoms with Crippen LogP contribution in [0, 0.1) is 11.8 Å². The van der Waals surface area contributed by atoms with Crippen LogP contribution in [0.1, 0.15) is 47.0 Å². The SMILES string of the molecule is CC(=O)C1=C(/C=C/C(C)C/C=C/C(C)=C/C(=O)O)C(C)CC1. The quantitative estimate of drug-likeness (QED) is 0.557. The Morgan fingerprint density at radius 1 is 1.36 bits per heavy atom. The minimum Gasteiger partial charge on any atom is -0.478 e. The molecule has 22 heavy (non-hydrogen) atoms. The first kappa shape index (κ1) is 18.1. The number of hydrogen-bond donors (Lipinski definition) is 1. The molecule has 2 unspecified atom stereocenters. The average molecular weight is 302 g/mol. The predicted octanol–water partition coefficient (Wildman–Crippen LogP) is 4.47. The zero-order chi connectivity index (χ0) is 16.7. The lowest BCUT2D eigenvalue weighted by Gasteiger charge is -2.07. The molecule has 1 rings (SSSR count). The fraction of sp³-hybridized carbons (Fsp3) is 0.474. The maximum atomic E-state index is 11.6. The predicted molar refractivity (Wildman–Crippen MR) is 89.6 cm³/mol. The molecule has 0 fully saturated rings. The summed E-state index contributed by atoms with van der Waals surface area (Å²) in [6.45, 7) is 7.70. The molecule has 0 saturated carbocycles. The summed E-state index contributed by atoms with van der Waals surface area (Å²) in [5.74, 6) is 0.0704. The van der Waals surface area contributed by atoms with Gasteiger partial charge in [-0.2, -0.15) is 0 Å². The van der Waals surface area contributed by atoms with E-state index < -0.39 is 5.97 Å². The molecule has 2 atom stereocenters. The molecule has 3 nitrogen and oxygen atoms in total. The fourth-order valence-corrected chi connectivity index (χ4v) is 2.66. The Hall–Kier alpha value is -1.90. The number of carbonyl (C=O) groups is 2. The number of rotatable bonds is 7. The van der Waals surface area contributed by atoms with Crippen molar-refractivity contribution in [3.8, 4) is 0 Å². The van der Waals surface area contributed by atoms with Crippen molar-refractivity contribution in [3.63, 3.8) is 0 Å². The molecule has 0 aliphatic heterocycles. The third-order valence-electron chi connectivity index (χ3n) is 3.98. The number of hydrogen-bond acceptors (Lipinski definition) is 2. The van der Waals surface area contributed by atoms with Gasteiger partial charge < -0.3 is 5.11 Å². The number of carboxylic acid groups (broad SMARTS) is 1. The molecule has 0 saturated heterocycles. The van der Waals surface area contributed by atoms with Crippen LogP contribution in [0.4, 0.5) is 0 Å². The molecule has 0 spiro atoms. The second kappa shape index (κ2) is 8.52. The van der Waals surface area contributed by atoms with Gasteiger partial charge in [0.1, 0.15) is 0 Å². The van der Waals surface area contributed by atoms with Crippen LogP contribution in [-0.2, 0) is 9.59 Å². The Morgan fingerprint density at radius 2 is 2.05 bits per heavy atom. The summed E-state index contributed by atoms with van der Waals surface area (Å²) in [5.41, 5.74) is 2.90. The normalized spacial score (nSPS) is 21.1. The van der Waals surface area contributed by atoms with Gasteiger partial charge in [0.2, 0.25) is 0 Å². The van der Waals surface area contributed by atoms with E-state index in [2.05, 4.69) is 26.0 Å². The van der Waals surface area contributed by atoms with E-state index in [1.54, 1.807) is 13.8 Å². The number of Topliss-reactive ketones (excluding diaryl/α,β-unsaturated/α-hetero) is 1. The summed E-state index contributed by atoms with van der Waals surface area (Å²) in [7, 11) is 0. The summed E-state index contributed by atoms with van der Waals surface area (Å²) in [4.78, 5) is 22.1. The lowest BCUT2D eigenvalue weighted by atomic mass is 9.98.